The Morgan fingerprint density at radius 1 is 1.17 bits per heavy atom. The van der Waals surface area contributed by atoms with Crippen LogP contribution in [-0.2, 0) is 11.3 Å². The average molecular weight is 433 g/mol. The third-order valence-electron chi connectivity index (χ3n) is 5.71. The zero-order valence-electron chi connectivity index (χ0n) is 18.9. The van der Waals surface area contributed by atoms with Crippen molar-refractivity contribution in [3.63, 3.8) is 0 Å². The fourth-order valence-corrected chi connectivity index (χ4v) is 5.37. The van der Waals surface area contributed by atoms with Gasteiger partial charge in [-0.05, 0) is 37.5 Å². The van der Waals surface area contributed by atoms with Crippen LogP contribution in [0.5, 0.6) is 0 Å². The normalized spacial score (nSPS) is 25.5. The molecule has 30 heavy (non-hydrogen) atoms. The number of nitrogens with one attached hydrogen (secondary N) is 1. The molecular weight excluding hydrogens is 396 g/mol. The zero-order chi connectivity index (χ0) is 21.7. The number of hydrogen-bond acceptors (Lipinski definition) is 4. The Bertz CT molecular complexity index is 727. The van der Waals surface area contributed by atoms with Gasteiger partial charge >= 0.3 is 0 Å². The van der Waals surface area contributed by atoms with Crippen molar-refractivity contribution in [3.05, 3.63) is 35.4 Å². The van der Waals surface area contributed by atoms with Crippen LogP contribution in [0.3, 0.4) is 0 Å². The van der Waals surface area contributed by atoms with Crippen LogP contribution in [0.2, 0.25) is 0 Å². The highest BCUT2D eigenvalue weighted by Crippen LogP contribution is 2.25. The molecular formula is C23H36N4O2S. The minimum Gasteiger partial charge on any atom is -0.372 e. The summed E-state index contributed by atoms with van der Waals surface area (Å²) in [6, 6.07) is 7.92. The Hall–Kier alpha value is -1.73. The van der Waals surface area contributed by atoms with Crippen LogP contribution < -0.4 is 5.32 Å². The number of nitrogens with zero attached hydrogens (tertiary/aromatic N) is 3. The van der Waals surface area contributed by atoms with Gasteiger partial charge in [0.2, 0.25) is 0 Å². The van der Waals surface area contributed by atoms with Crippen LogP contribution in [0, 0.1) is 5.92 Å². The van der Waals surface area contributed by atoms with Crippen LogP contribution in [0.15, 0.2) is 29.3 Å². The second-order valence-corrected chi connectivity index (χ2v) is 10.0. The minimum atomic E-state index is 0.0800. The summed E-state index contributed by atoms with van der Waals surface area (Å²) < 4.78 is 5.74. The van der Waals surface area contributed by atoms with E-state index in [0.717, 1.165) is 35.9 Å². The molecule has 2 fully saturated rings. The molecule has 2 aliphatic rings. The molecule has 166 valence electrons. The molecule has 2 heterocycles. The van der Waals surface area contributed by atoms with E-state index in [0.29, 0.717) is 30.8 Å². The standard InChI is InChI=1S/C23H36N4O2S/c1-16(2)21-15-26(10-11-30-21)23(24-5)25-12-19-6-8-20(9-7-19)22(28)27-13-17(3)29-18(4)14-27/h6-9,16-18,21H,10-15H2,1-5H3,(H,24,25). The second-order valence-electron chi connectivity index (χ2n) is 8.66. The Balaban J connectivity index is 1.55. The maximum atomic E-state index is 12.8. The van der Waals surface area contributed by atoms with Gasteiger partial charge in [0.25, 0.3) is 5.91 Å². The molecule has 6 nitrogen and oxygen atoms in total. The third kappa shape index (κ3) is 5.91. The van der Waals surface area contributed by atoms with E-state index in [2.05, 4.69) is 40.8 Å². The Labute approximate surface area is 185 Å². The molecule has 3 unspecified atom stereocenters. The van der Waals surface area contributed by atoms with Crippen molar-refractivity contribution in [2.24, 2.45) is 10.9 Å². The fourth-order valence-electron chi connectivity index (χ4n) is 4.08. The molecule has 1 aromatic rings. The average Bonchev–Trinajstić information content (AvgIpc) is 2.73. The smallest absolute Gasteiger partial charge is 0.254 e. The van der Waals surface area contributed by atoms with Gasteiger partial charge in [-0.25, -0.2) is 0 Å². The number of carbonyl (C=O) groups excluding carboxylic acids is 1. The van der Waals surface area contributed by atoms with E-state index in [1.54, 1.807) is 0 Å². The number of hydrogen-bond donors (Lipinski definition) is 1. The number of thioether (sulfide) groups is 1. The Morgan fingerprint density at radius 3 is 2.43 bits per heavy atom. The molecule has 0 aliphatic carbocycles. The number of morpholine rings is 1. The molecule has 1 aromatic carbocycles. The lowest BCUT2D eigenvalue weighted by Gasteiger charge is -2.36. The van der Waals surface area contributed by atoms with Gasteiger partial charge < -0.3 is 19.9 Å². The van der Waals surface area contributed by atoms with Gasteiger partial charge in [0.1, 0.15) is 0 Å². The van der Waals surface area contributed by atoms with Crippen molar-refractivity contribution in [1.82, 2.24) is 15.1 Å². The minimum absolute atomic E-state index is 0.0800. The number of benzene rings is 1. The number of carbonyl (C=O) groups is 1. The van der Waals surface area contributed by atoms with Crippen LogP contribution in [-0.4, -0.2) is 78.1 Å². The highest BCUT2D eigenvalue weighted by atomic mass is 32.2. The summed E-state index contributed by atoms with van der Waals surface area (Å²) in [5.74, 6) is 2.84. The Morgan fingerprint density at radius 2 is 1.83 bits per heavy atom. The first kappa shape index (κ1) is 22.9. The number of aliphatic imine (C=N–C) groups is 1. The topological polar surface area (TPSA) is 57.2 Å². The van der Waals surface area contributed by atoms with Gasteiger partial charge in [0.15, 0.2) is 5.96 Å². The molecule has 0 radical (unpaired) electrons. The maximum absolute atomic E-state index is 12.8. The number of amides is 1. The van der Waals surface area contributed by atoms with Gasteiger partial charge in [-0.15, -0.1) is 0 Å². The molecule has 0 aromatic heterocycles. The van der Waals surface area contributed by atoms with E-state index in [-0.39, 0.29) is 18.1 Å². The highest BCUT2D eigenvalue weighted by molar-refractivity contribution is 8.00. The van der Waals surface area contributed by atoms with Crippen molar-refractivity contribution in [2.45, 2.75) is 51.7 Å². The van der Waals surface area contributed by atoms with Crippen molar-refractivity contribution in [3.8, 4) is 0 Å². The van der Waals surface area contributed by atoms with Crippen molar-refractivity contribution < 1.29 is 9.53 Å². The molecule has 0 bridgehead atoms. The first-order valence-corrected chi connectivity index (χ1v) is 12.0. The maximum Gasteiger partial charge on any atom is 0.254 e. The molecule has 1 N–H and O–H groups in total. The summed E-state index contributed by atoms with van der Waals surface area (Å²) in [6.07, 6.45) is 0.160. The van der Waals surface area contributed by atoms with Crippen LogP contribution in [0.25, 0.3) is 0 Å². The van der Waals surface area contributed by atoms with Gasteiger partial charge in [-0.2, -0.15) is 11.8 Å². The molecule has 3 rings (SSSR count). The molecule has 2 aliphatic heterocycles. The van der Waals surface area contributed by atoms with Gasteiger partial charge in [0, 0.05) is 56.3 Å². The lowest BCUT2D eigenvalue weighted by molar-refractivity contribution is -0.0586. The summed E-state index contributed by atoms with van der Waals surface area (Å²) in [4.78, 5) is 21.6. The lowest BCUT2D eigenvalue weighted by atomic mass is 10.1. The van der Waals surface area contributed by atoms with E-state index < -0.39 is 0 Å². The van der Waals surface area contributed by atoms with Crippen molar-refractivity contribution in [2.75, 3.05) is 39.0 Å². The largest absolute Gasteiger partial charge is 0.372 e. The molecule has 3 atom stereocenters. The van der Waals surface area contributed by atoms with Crippen LogP contribution in [0.1, 0.15) is 43.6 Å². The van der Waals surface area contributed by atoms with E-state index in [4.69, 9.17) is 4.74 Å². The van der Waals surface area contributed by atoms with E-state index in [1.807, 2.05) is 50.1 Å². The summed E-state index contributed by atoms with van der Waals surface area (Å²) in [5.41, 5.74) is 1.88. The number of ether oxygens (including phenoxy) is 1. The quantitative estimate of drug-likeness (QED) is 0.585. The molecule has 0 spiro atoms. The first-order chi connectivity index (χ1) is 14.4. The highest BCUT2D eigenvalue weighted by Gasteiger charge is 2.27. The predicted molar refractivity (Wildman–Crippen MR) is 125 cm³/mol. The first-order valence-electron chi connectivity index (χ1n) is 11.0. The monoisotopic (exact) mass is 432 g/mol. The molecule has 7 heteroatoms. The zero-order valence-corrected chi connectivity index (χ0v) is 19.7. The SMILES string of the molecule is CN=C(NCc1ccc(C(=O)N2CC(C)OC(C)C2)cc1)N1CCSC(C(C)C)C1. The lowest BCUT2D eigenvalue weighted by Crippen LogP contribution is -2.48. The van der Waals surface area contributed by atoms with Gasteiger partial charge in [-0.1, -0.05) is 26.0 Å². The van der Waals surface area contributed by atoms with Gasteiger partial charge in [-0.3, -0.25) is 9.79 Å². The third-order valence-corrected chi connectivity index (χ3v) is 7.25. The number of guanidine groups is 1. The van der Waals surface area contributed by atoms with Crippen molar-refractivity contribution in [1.29, 1.82) is 0 Å². The van der Waals surface area contributed by atoms with E-state index in [1.165, 1.54) is 0 Å². The molecule has 1 amide bonds. The fraction of sp³-hybridized carbons (Fsp3) is 0.652. The molecule has 0 saturated carbocycles. The van der Waals surface area contributed by atoms with Gasteiger partial charge in [0.05, 0.1) is 12.2 Å². The summed E-state index contributed by atoms with van der Waals surface area (Å²) >= 11 is 2.07. The predicted octanol–water partition coefficient (Wildman–Crippen LogP) is 3.08. The Kier molecular flexibility index (Phi) is 8.06. The van der Waals surface area contributed by atoms with E-state index in [9.17, 15) is 4.79 Å². The summed E-state index contributed by atoms with van der Waals surface area (Å²) in [5, 5.41) is 4.14. The van der Waals surface area contributed by atoms with E-state index >= 15 is 0 Å². The summed E-state index contributed by atoms with van der Waals surface area (Å²) in [6.45, 7) is 12.7. The van der Waals surface area contributed by atoms with Crippen molar-refractivity contribution >= 4 is 23.6 Å². The number of rotatable bonds is 4. The molecule has 2 saturated heterocycles. The summed E-state index contributed by atoms with van der Waals surface area (Å²) in [7, 11) is 1.85. The second kappa shape index (κ2) is 10.5. The van der Waals surface area contributed by atoms with Crippen LogP contribution >= 0.6 is 11.8 Å². The van der Waals surface area contributed by atoms with Crippen LogP contribution in [0.4, 0.5) is 0 Å².